The number of aromatic nitrogens is 1. The second-order valence-corrected chi connectivity index (χ2v) is 7.12. The fraction of sp³-hybridized carbons (Fsp3) is 0.167. The number of halogens is 7. The van der Waals surface area contributed by atoms with Gasteiger partial charge in [-0.15, -0.1) is 11.3 Å². The molecule has 148 valence electrons. The van der Waals surface area contributed by atoms with Crippen LogP contribution in [-0.2, 0) is 19.4 Å². The van der Waals surface area contributed by atoms with Crippen LogP contribution in [0, 0.1) is 0 Å². The Morgan fingerprint density at radius 2 is 1.43 bits per heavy atom. The van der Waals surface area contributed by atoms with Gasteiger partial charge < -0.3 is 4.57 Å². The van der Waals surface area contributed by atoms with Crippen molar-refractivity contribution in [3.05, 3.63) is 68.8 Å². The molecular formula is C18H11ClF6N2S. The lowest BCUT2D eigenvalue weighted by atomic mass is 10.1. The highest BCUT2D eigenvalue weighted by molar-refractivity contribution is 7.07. The van der Waals surface area contributed by atoms with Crippen LogP contribution in [0.4, 0.5) is 32.0 Å². The Hall–Kier alpha value is -2.26. The molecule has 0 aliphatic rings. The smallest absolute Gasteiger partial charge is 0.320 e. The van der Waals surface area contributed by atoms with Crippen LogP contribution in [-0.4, -0.2) is 4.57 Å². The maximum atomic E-state index is 13.0. The lowest BCUT2D eigenvalue weighted by Gasteiger charge is -2.12. The maximum Gasteiger partial charge on any atom is 0.416 e. The van der Waals surface area contributed by atoms with Gasteiger partial charge in [0, 0.05) is 17.5 Å². The SMILES string of the molecule is Cn1c(-c2ccc(Cl)cc2)csc1=Nc1cc(C(F)(F)F)cc(C(F)(F)F)c1. The molecule has 28 heavy (non-hydrogen) atoms. The van der Waals surface area contributed by atoms with Gasteiger partial charge in [-0.1, -0.05) is 23.7 Å². The summed E-state index contributed by atoms with van der Waals surface area (Å²) in [5.41, 5.74) is -1.76. The fourth-order valence-corrected chi connectivity index (χ4v) is 3.52. The highest BCUT2D eigenvalue weighted by Crippen LogP contribution is 2.38. The number of thiazole rings is 1. The standard InChI is InChI=1S/C18H11ClF6N2S/c1-27-15(10-2-4-13(19)5-3-10)9-28-16(27)26-14-7-11(17(20,21)22)6-12(8-14)18(23,24)25/h2-9H,1H3. The Bertz CT molecular complexity index is 1030. The first-order valence-electron chi connectivity index (χ1n) is 7.70. The zero-order valence-electron chi connectivity index (χ0n) is 14.1. The third-order valence-electron chi connectivity index (χ3n) is 3.86. The summed E-state index contributed by atoms with van der Waals surface area (Å²) in [6, 6.07) is 8.11. The van der Waals surface area contributed by atoms with Gasteiger partial charge in [0.05, 0.1) is 22.5 Å². The molecule has 2 nitrogen and oxygen atoms in total. The molecule has 0 atom stereocenters. The second kappa shape index (κ2) is 7.29. The van der Waals surface area contributed by atoms with Crippen LogP contribution in [0.1, 0.15) is 11.1 Å². The van der Waals surface area contributed by atoms with Crippen molar-refractivity contribution >= 4 is 28.6 Å². The zero-order valence-corrected chi connectivity index (χ0v) is 15.6. The quantitative estimate of drug-likeness (QED) is 0.399. The van der Waals surface area contributed by atoms with Crippen LogP contribution < -0.4 is 4.80 Å². The van der Waals surface area contributed by atoms with Crippen molar-refractivity contribution < 1.29 is 26.3 Å². The first kappa shape index (κ1) is 20.5. The molecule has 1 aromatic heterocycles. The molecule has 0 N–H and O–H groups in total. The lowest BCUT2D eigenvalue weighted by Crippen LogP contribution is -2.12. The van der Waals surface area contributed by atoms with E-state index in [4.69, 9.17) is 11.6 Å². The van der Waals surface area contributed by atoms with Crippen LogP contribution in [0.25, 0.3) is 11.3 Å². The Balaban J connectivity index is 2.12. The normalized spacial score (nSPS) is 13.2. The van der Waals surface area contributed by atoms with Crippen LogP contribution in [0.5, 0.6) is 0 Å². The van der Waals surface area contributed by atoms with Crippen LogP contribution in [0.15, 0.2) is 52.8 Å². The molecule has 0 saturated heterocycles. The highest BCUT2D eigenvalue weighted by atomic mass is 35.5. The van der Waals surface area contributed by atoms with Gasteiger partial charge in [-0.2, -0.15) is 26.3 Å². The number of alkyl halides is 6. The maximum absolute atomic E-state index is 13.0. The van der Waals surface area contributed by atoms with Crippen molar-refractivity contribution in [2.75, 3.05) is 0 Å². The van der Waals surface area contributed by atoms with Crippen molar-refractivity contribution in [2.45, 2.75) is 12.4 Å². The Morgan fingerprint density at radius 1 is 0.893 bits per heavy atom. The molecule has 3 aromatic rings. The van der Waals surface area contributed by atoms with E-state index in [0.717, 1.165) is 16.9 Å². The van der Waals surface area contributed by atoms with E-state index in [-0.39, 0.29) is 10.9 Å². The molecule has 0 unspecified atom stereocenters. The van der Waals surface area contributed by atoms with E-state index >= 15 is 0 Å². The van der Waals surface area contributed by atoms with Crippen molar-refractivity contribution in [3.63, 3.8) is 0 Å². The summed E-state index contributed by atoms with van der Waals surface area (Å²) in [5, 5.41) is 2.25. The zero-order chi connectivity index (χ0) is 20.7. The van der Waals surface area contributed by atoms with E-state index in [0.29, 0.717) is 22.8 Å². The van der Waals surface area contributed by atoms with E-state index in [1.807, 2.05) is 0 Å². The van der Waals surface area contributed by atoms with E-state index < -0.39 is 29.2 Å². The summed E-state index contributed by atoms with van der Waals surface area (Å²) in [6.45, 7) is 0. The minimum absolute atomic E-state index is 0.0760. The number of rotatable bonds is 2. The number of benzene rings is 2. The predicted molar refractivity (Wildman–Crippen MR) is 95.4 cm³/mol. The Kier molecular flexibility index (Phi) is 5.33. The molecule has 0 aliphatic heterocycles. The van der Waals surface area contributed by atoms with Gasteiger partial charge in [-0.05, 0) is 35.9 Å². The van der Waals surface area contributed by atoms with Crippen molar-refractivity contribution in [3.8, 4) is 11.3 Å². The lowest BCUT2D eigenvalue weighted by molar-refractivity contribution is -0.143. The number of nitrogens with zero attached hydrogens (tertiary/aromatic N) is 2. The van der Waals surface area contributed by atoms with Crippen LogP contribution in [0.2, 0.25) is 5.02 Å². The summed E-state index contributed by atoms with van der Waals surface area (Å²) in [5.74, 6) is 0. The van der Waals surface area contributed by atoms with Crippen molar-refractivity contribution in [2.24, 2.45) is 12.0 Å². The molecule has 0 radical (unpaired) electrons. The summed E-state index contributed by atoms with van der Waals surface area (Å²) in [6.07, 6.45) is -9.84. The molecule has 0 amide bonds. The molecule has 0 saturated carbocycles. The van der Waals surface area contributed by atoms with Gasteiger partial charge >= 0.3 is 12.4 Å². The second-order valence-electron chi connectivity index (χ2n) is 5.85. The molecule has 0 aliphatic carbocycles. The first-order chi connectivity index (χ1) is 12.9. The molecule has 0 fully saturated rings. The Labute approximate surface area is 164 Å². The third kappa shape index (κ3) is 4.41. The molecule has 0 bridgehead atoms. The summed E-state index contributed by atoms with van der Waals surface area (Å²) in [4.78, 5) is 4.26. The van der Waals surface area contributed by atoms with Crippen molar-refractivity contribution in [1.82, 2.24) is 4.57 Å². The van der Waals surface area contributed by atoms with Gasteiger partial charge in [0.15, 0.2) is 4.80 Å². The van der Waals surface area contributed by atoms with Crippen molar-refractivity contribution in [1.29, 1.82) is 0 Å². The van der Waals surface area contributed by atoms with Gasteiger partial charge in [0.2, 0.25) is 0 Å². The minimum atomic E-state index is -4.92. The minimum Gasteiger partial charge on any atom is -0.320 e. The first-order valence-corrected chi connectivity index (χ1v) is 8.95. The summed E-state index contributed by atoms with van der Waals surface area (Å²) in [7, 11) is 1.62. The third-order valence-corrected chi connectivity index (χ3v) is 5.03. The van der Waals surface area contributed by atoms with E-state index in [9.17, 15) is 26.3 Å². The van der Waals surface area contributed by atoms with Gasteiger partial charge in [0.1, 0.15) is 0 Å². The topological polar surface area (TPSA) is 17.3 Å². The molecule has 0 spiro atoms. The monoisotopic (exact) mass is 436 g/mol. The number of hydrogen-bond donors (Lipinski definition) is 0. The fourth-order valence-electron chi connectivity index (χ4n) is 2.47. The average molecular weight is 437 g/mol. The predicted octanol–water partition coefficient (Wildman–Crippen LogP) is 6.68. The van der Waals surface area contributed by atoms with Gasteiger partial charge in [-0.25, -0.2) is 4.99 Å². The summed E-state index contributed by atoms with van der Waals surface area (Å²) >= 11 is 6.95. The van der Waals surface area contributed by atoms with Crippen LogP contribution >= 0.6 is 22.9 Å². The van der Waals surface area contributed by atoms with Crippen LogP contribution in [0.3, 0.4) is 0 Å². The largest absolute Gasteiger partial charge is 0.416 e. The van der Waals surface area contributed by atoms with Gasteiger partial charge in [-0.3, -0.25) is 0 Å². The molecule has 10 heteroatoms. The molecule has 2 aromatic carbocycles. The van der Waals surface area contributed by atoms with E-state index in [1.54, 1.807) is 41.3 Å². The average Bonchev–Trinajstić information content (AvgIpc) is 2.94. The summed E-state index contributed by atoms with van der Waals surface area (Å²) < 4.78 is 79.5. The molecule has 3 rings (SSSR count). The van der Waals surface area contributed by atoms with E-state index in [2.05, 4.69) is 4.99 Å². The Morgan fingerprint density at radius 3 is 1.93 bits per heavy atom. The van der Waals surface area contributed by atoms with E-state index in [1.165, 1.54) is 0 Å². The molecule has 1 heterocycles. The van der Waals surface area contributed by atoms with Gasteiger partial charge in [0.25, 0.3) is 0 Å². The molecular weight excluding hydrogens is 426 g/mol. The number of hydrogen-bond acceptors (Lipinski definition) is 2. The highest BCUT2D eigenvalue weighted by Gasteiger charge is 2.36.